The van der Waals surface area contributed by atoms with E-state index in [0.717, 1.165) is 17.8 Å². The number of pyridine rings is 1. The predicted octanol–water partition coefficient (Wildman–Crippen LogP) is 3.49. The highest BCUT2D eigenvalue weighted by molar-refractivity contribution is 7.99. The van der Waals surface area contributed by atoms with E-state index >= 15 is 0 Å². The van der Waals surface area contributed by atoms with E-state index in [1.807, 2.05) is 0 Å². The normalized spacial score (nSPS) is 10.2. The minimum Gasteiger partial charge on any atom is -0.478 e. The summed E-state index contributed by atoms with van der Waals surface area (Å²) in [5.74, 6) is -1.16. The summed E-state index contributed by atoms with van der Waals surface area (Å²) in [4.78, 5) is 25.6. The van der Waals surface area contributed by atoms with Crippen LogP contribution in [0.5, 0.6) is 0 Å². The Morgan fingerprint density at radius 3 is 2.65 bits per heavy atom. The summed E-state index contributed by atoms with van der Waals surface area (Å²) in [6.45, 7) is 0. The molecule has 102 valence electrons. The highest BCUT2D eigenvalue weighted by Crippen LogP contribution is 2.32. The van der Waals surface area contributed by atoms with Gasteiger partial charge in [-0.15, -0.1) is 0 Å². The SMILES string of the molecule is O=C(O)c1ccc([N+](=O)[O-])cc1Sc1ccc(Cl)cn1. The molecule has 0 aliphatic carbocycles. The van der Waals surface area contributed by atoms with Crippen LogP contribution in [0.4, 0.5) is 5.69 Å². The highest BCUT2D eigenvalue weighted by Gasteiger charge is 2.16. The van der Waals surface area contributed by atoms with E-state index in [1.54, 1.807) is 12.1 Å². The van der Waals surface area contributed by atoms with E-state index in [0.29, 0.717) is 10.0 Å². The second-order valence-corrected chi connectivity index (χ2v) is 5.16. The minimum atomic E-state index is -1.16. The number of non-ortho nitro benzene ring substituents is 1. The molecule has 0 saturated carbocycles. The highest BCUT2D eigenvalue weighted by atomic mass is 35.5. The number of aromatic nitrogens is 1. The summed E-state index contributed by atoms with van der Waals surface area (Å²) in [6.07, 6.45) is 1.42. The largest absolute Gasteiger partial charge is 0.478 e. The zero-order chi connectivity index (χ0) is 14.7. The first-order valence-corrected chi connectivity index (χ1v) is 6.48. The molecule has 0 saturated heterocycles. The zero-order valence-electron chi connectivity index (χ0n) is 9.82. The fourth-order valence-electron chi connectivity index (χ4n) is 1.42. The number of carbonyl (C=O) groups is 1. The summed E-state index contributed by atoms with van der Waals surface area (Å²) in [6, 6.07) is 6.79. The number of hydrogen-bond acceptors (Lipinski definition) is 5. The standard InChI is InChI=1S/C12H7ClN2O4S/c13-7-1-4-11(14-6-7)20-10-5-8(15(18)19)2-3-9(10)12(16)17/h1-6H,(H,16,17). The summed E-state index contributed by atoms with van der Waals surface area (Å²) < 4.78 is 0. The second kappa shape index (κ2) is 5.89. The maximum atomic E-state index is 11.1. The molecule has 0 amide bonds. The van der Waals surface area contributed by atoms with Crippen molar-refractivity contribution in [2.75, 3.05) is 0 Å². The second-order valence-electron chi connectivity index (χ2n) is 3.66. The lowest BCUT2D eigenvalue weighted by Gasteiger charge is -2.05. The molecule has 0 bridgehead atoms. The van der Waals surface area contributed by atoms with Crippen molar-refractivity contribution in [1.82, 2.24) is 4.98 Å². The molecule has 2 rings (SSSR count). The van der Waals surface area contributed by atoms with Crippen LogP contribution in [-0.4, -0.2) is 21.0 Å². The molecule has 0 aliphatic heterocycles. The van der Waals surface area contributed by atoms with Crippen molar-refractivity contribution in [3.8, 4) is 0 Å². The third-order valence-corrected chi connectivity index (χ3v) is 3.55. The summed E-state index contributed by atoms with van der Waals surface area (Å²) in [7, 11) is 0. The van der Waals surface area contributed by atoms with E-state index < -0.39 is 10.9 Å². The smallest absolute Gasteiger partial charge is 0.336 e. The number of aromatic carboxylic acids is 1. The van der Waals surface area contributed by atoms with Crippen LogP contribution in [0.1, 0.15) is 10.4 Å². The molecule has 0 aliphatic rings. The van der Waals surface area contributed by atoms with Crippen LogP contribution in [0, 0.1) is 10.1 Å². The van der Waals surface area contributed by atoms with Crippen LogP contribution >= 0.6 is 23.4 Å². The zero-order valence-corrected chi connectivity index (χ0v) is 11.4. The Morgan fingerprint density at radius 2 is 2.10 bits per heavy atom. The van der Waals surface area contributed by atoms with Gasteiger partial charge in [0, 0.05) is 23.2 Å². The number of halogens is 1. The van der Waals surface area contributed by atoms with Crippen molar-refractivity contribution in [1.29, 1.82) is 0 Å². The molecule has 1 heterocycles. The minimum absolute atomic E-state index is 0.0163. The Labute approximate surface area is 122 Å². The molecule has 0 radical (unpaired) electrons. The van der Waals surface area contributed by atoms with Crippen LogP contribution in [0.3, 0.4) is 0 Å². The number of nitro groups is 1. The number of carboxylic acid groups (broad SMARTS) is 1. The number of nitro benzene ring substituents is 1. The summed E-state index contributed by atoms with van der Waals surface area (Å²) in [5, 5.41) is 20.8. The molecule has 1 N–H and O–H groups in total. The van der Waals surface area contributed by atoms with E-state index in [1.165, 1.54) is 18.3 Å². The molecule has 0 spiro atoms. The van der Waals surface area contributed by atoms with E-state index in [9.17, 15) is 14.9 Å². The first-order valence-electron chi connectivity index (χ1n) is 5.28. The average molecular weight is 311 g/mol. The van der Waals surface area contributed by atoms with Crippen LogP contribution < -0.4 is 0 Å². The molecule has 0 fully saturated rings. The number of nitrogens with zero attached hydrogens (tertiary/aromatic N) is 2. The third kappa shape index (κ3) is 3.25. The van der Waals surface area contributed by atoms with E-state index in [2.05, 4.69) is 4.98 Å². The van der Waals surface area contributed by atoms with Crippen LogP contribution in [0.25, 0.3) is 0 Å². The molecule has 0 atom stereocenters. The predicted molar refractivity (Wildman–Crippen MR) is 73.4 cm³/mol. The van der Waals surface area contributed by atoms with Gasteiger partial charge in [0.05, 0.1) is 15.5 Å². The van der Waals surface area contributed by atoms with Crippen molar-refractivity contribution in [3.63, 3.8) is 0 Å². The topological polar surface area (TPSA) is 93.3 Å². The van der Waals surface area contributed by atoms with Gasteiger partial charge in [-0.25, -0.2) is 9.78 Å². The van der Waals surface area contributed by atoms with Gasteiger partial charge in [0.1, 0.15) is 5.03 Å². The molecule has 1 aromatic heterocycles. The number of benzene rings is 1. The molecule has 20 heavy (non-hydrogen) atoms. The van der Waals surface area contributed by atoms with Crippen LogP contribution in [0.2, 0.25) is 5.02 Å². The van der Waals surface area contributed by atoms with Gasteiger partial charge in [-0.1, -0.05) is 23.4 Å². The Balaban J connectivity index is 2.41. The van der Waals surface area contributed by atoms with Crippen molar-refractivity contribution >= 4 is 35.0 Å². The first-order chi connectivity index (χ1) is 9.47. The summed E-state index contributed by atoms with van der Waals surface area (Å²) >= 11 is 6.74. The number of carboxylic acids is 1. The van der Waals surface area contributed by atoms with Gasteiger partial charge in [-0.05, 0) is 18.2 Å². The Morgan fingerprint density at radius 1 is 1.35 bits per heavy atom. The van der Waals surface area contributed by atoms with Gasteiger partial charge >= 0.3 is 5.97 Å². The molecular weight excluding hydrogens is 304 g/mol. The number of rotatable bonds is 4. The fraction of sp³-hybridized carbons (Fsp3) is 0. The molecule has 6 nitrogen and oxygen atoms in total. The van der Waals surface area contributed by atoms with Crippen molar-refractivity contribution < 1.29 is 14.8 Å². The lowest BCUT2D eigenvalue weighted by atomic mass is 10.2. The van der Waals surface area contributed by atoms with E-state index in [-0.39, 0.29) is 16.1 Å². The van der Waals surface area contributed by atoms with Crippen molar-refractivity contribution in [2.45, 2.75) is 9.92 Å². The monoisotopic (exact) mass is 310 g/mol. The Kier molecular flexibility index (Phi) is 4.21. The van der Waals surface area contributed by atoms with Gasteiger partial charge in [-0.2, -0.15) is 0 Å². The van der Waals surface area contributed by atoms with Crippen LogP contribution in [0.15, 0.2) is 46.5 Å². The van der Waals surface area contributed by atoms with Gasteiger partial charge in [-0.3, -0.25) is 10.1 Å². The lowest BCUT2D eigenvalue weighted by Crippen LogP contribution is -2.00. The fourth-order valence-corrected chi connectivity index (χ4v) is 2.44. The maximum Gasteiger partial charge on any atom is 0.336 e. The van der Waals surface area contributed by atoms with Gasteiger partial charge in [0.25, 0.3) is 5.69 Å². The van der Waals surface area contributed by atoms with Crippen molar-refractivity contribution in [3.05, 3.63) is 57.2 Å². The first kappa shape index (κ1) is 14.3. The third-order valence-electron chi connectivity index (χ3n) is 2.32. The van der Waals surface area contributed by atoms with Crippen LogP contribution in [-0.2, 0) is 0 Å². The Bertz CT molecular complexity index is 676. The number of hydrogen-bond donors (Lipinski definition) is 1. The molecule has 2 aromatic rings. The lowest BCUT2D eigenvalue weighted by molar-refractivity contribution is -0.385. The van der Waals surface area contributed by atoms with E-state index in [4.69, 9.17) is 16.7 Å². The van der Waals surface area contributed by atoms with Gasteiger partial charge in [0.15, 0.2) is 0 Å². The maximum absolute atomic E-state index is 11.1. The summed E-state index contributed by atoms with van der Waals surface area (Å²) in [5.41, 5.74) is -0.191. The Hall–Kier alpha value is -2.12. The van der Waals surface area contributed by atoms with Gasteiger partial charge in [0.2, 0.25) is 0 Å². The van der Waals surface area contributed by atoms with Gasteiger partial charge < -0.3 is 5.11 Å². The molecule has 0 unspecified atom stereocenters. The van der Waals surface area contributed by atoms with Crippen molar-refractivity contribution in [2.24, 2.45) is 0 Å². The quantitative estimate of drug-likeness (QED) is 0.686. The molecule has 1 aromatic carbocycles. The molecular formula is C12H7ClN2O4S. The molecule has 8 heteroatoms. The average Bonchev–Trinajstić information content (AvgIpc) is 2.41.